The van der Waals surface area contributed by atoms with Gasteiger partial charge in [-0.15, -0.1) is 0 Å². The molecule has 0 aliphatic carbocycles. The fraction of sp³-hybridized carbons (Fsp3) is 0.273. The number of likely N-dealkylation sites (N-methyl/N-ethyl adjacent to an activating group) is 1. The van der Waals surface area contributed by atoms with Gasteiger partial charge in [-0.3, -0.25) is 14.5 Å². The van der Waals surface area contributed by atoms with Gasteiger partial charge in [-0.25, -0.2) is 0 Å². The summed E-state index contributed by atoms with van der Waals surface area (Å²) in [6.45, 7) is 6.31. The molecule has 1 amide bonds. The molecule has 1 aromatic heterocycles. The first-order valence-electron chi connectivity index (χ1n) is 9.34. The van der Waals surface area contributed by atoms with Gasteiger partial charge in [-0.2, -0.15) is 0 Å². The standard InChI is InChI=1S/C22H23ClN2O3/c1-3-25(4-2)18(15-8-6-5-7-9-15)14-24-22(27)21-13-19(26)17-12-16(23)10-11-20(17)28-21/h5-13,18H,3-4,14H2,1-2H3,(H,24,27)/t18-/m0/s1. The van der Waals surface area contributed by atoms with Crippen molar-refractivity contribution in [3.63, 3.8) is 0 Å². The molecule has 28 heavy (non-hydrogen) atoms. The summed E-state index contributed by atoms with van der Waals surface area (Å²) in [7, 11) is 0. The summed E-state index contributed by atoms with van der Waals surface area (Å²) < 4.78 is 5.63. The third kappa shape index (κ3) is 4.43. The summed E-state index contributed by atoms with van der Waals surface area (Å²) in [6, 6.07) is 16.0. The minimum atomic E-state index is -0.415. The van der Waals surface area contributed by atoms with Crippen LogP contribution in [0.2, 0.25) is 5.02 Å². The van der Waals surface area contributed by atoms with Crippen LogP contribution in [0.3, 0.4) is 0 Å². The van der Waals surface area contributed by atoms with E-state index in [1.165, 1.54) is 12.1 Å². The molecule has 6 heteroatoms. The molecule has 146 valence electrons. The molecule has 0 radical (unpaired) electrons. The largest absolute Gasteiger partial charge is 0.451 e. The lowest BCUT2D eigenvalue weighted by Gasteiger charge is -2.30. The van der Waals surface area contributed by atoms with Crippen LogP contribution in [-0.4, -0.2) is 30.4 Å². The molecule has 0 bridgehead atoms. The van der Waals surface area contributed by atoms with Gasteiger partial charge in [0, 0.05) is 17.6 Å². The van der Waals surface area contributed by atoms with Gasteiger partial charge in [-0.05, 0) is 36.9 Å². The number of nitrogens with one attached hydrogen (secondary N) is 1. The maximum atomic E-state index is 12.7. The maximum absolute atomic E-state index is 12.7. The Kier molecular flexibility index (Phi) is 6.49. The first-order valence-corrected chi connectivity index (χ1v) is 9.71. The van der Waals surface area contributed by atoms with E-state index in [9.17, 15) is 9.59 Å². The van der Waals surface area contributed by atoms with Gasteiger partial charge in [-0.1, -0.05) is 55.8 Å². The Bertz CT molecular complexity index is 1010. The highest BCUT2D eigenvalue weighted by Gasteiger charge is 2.20. The van der Waals surface area contributed by atoms with E-state index in [-0.39, 0.29) is 17.2 Å². The fourth-order valence-corrected chi connectivity index (χ4v) is 3.49. The van der Waals surface area contributed by atoms with Crippen molar-refractivity contribution >= 4 is 28.5 Å². The van der Waals surface area contributed by atoms with E-state index in [0.29, 0.717) is 22.5 Å². The number of carbonyl (C=O) groups is 1. The Morgan fingerprint density at radius 2 is 1.82 bits per heavy atom. The van der Waals surface area contributed by atoms with Crippen LogP contribution in [0.15, 0.2) is 63.8 Å². The van der Waals surface area contributed by atoms with E-state index in [4.69, 9.17) is 16.0 Å². The van der Waals surface area contributed by atoms with Gasteiger partial charge in [0.25, 0.3) is 5.91 Å². The molecule has 0 fully saturated rings. The van der Waals surface area contributed by atoms with Crippen molar-refractivity contribution in [2.75, 3.05) is 19.6 Å². The van der Waals surface area contributed by atoms with Gasteiger partial charge in [0.15, 0.2) is 11.2 Å². The van der Waals surface area contributed by atoms with Crippen molar-refractivity contribution in [3.05, 3.63) is 81.2 Å². The highest BCUT2D eigenvalue weighted by atomic mass is 35.5. The van der Waals surface area contributed by atoms with E-state index in [1.54, 1.807) is 12.1 Å². The number of fused-ring (bicyclic) bond motifs is 1. The summed E-state index contributed by atoms with van der Waals surface area (Å²) >= 11 is 5.93. The monoisotopic (exact) mass is 398 g/mol. The second-order valence-corrected chi connectivity index (χ2v) is 6.91. The van der Waals surface area contributed by atoms with Crippen molar-refractivity contribution in [1.29, 1.82) is 0 Å². The highest BCUT2D eigenvalue weighted by molar-refractivity contribution is 6.31. The Hall–Kier alpha value is -2.63. The van der Waals surface area contributed by atoms with Gasteiger partial charge in [0.2, 0.25) is 0 Å². The van der Waals surface area contributed by atoms with Crippen molar-refractivity contribution in [1.82, 2.24) is 10.2 Å². The van der Waals surface area contributed by atoms with Gasteiger partial charge in [0.05, 0.1) is 11.4 Å². The molecule has 1 atom stereocenters. The summed E-state index contributed by atoms with van der Waals surface area (Å²) in [5.41, 5.74) is 1.17. The topological polar surface area (TPSA) is 62.6 Å². The summed E-state index contributed by atoms with van der Waals surface area (Å²) in [5, 5.41) is 3.71. The molecule has 0 spiro atoms. The SMILES string of the molecule is CCN(CC)[C@@H](CNC(=O)c1cc(=O)c2cc(Cl)ccc2o1)c1ccccc1. The van der Waals surface area contributed by atoms with Crippen LogP contribution in [0.4, 0.5) is 0 Å². The minimum absolute atomic E-state index is 0.00817. The molecule has 1 N–H and O–H groups in total. The minimum Gasteiger partial charge on any atom is -0.451 e. The molecule has 0 saturated heterocycles. The molecular formula is C22H23ClN2O3. The van der Waals surface area contributed by atoms with Gasteiger partial charge < -0.3 is 9.73 Å². The van der Waals surface area contributed by atoms with Crippen LogP contribution in [0.5, 0.6) is 0 Å². The number of carbonyl (C=O) groups excluding carboxylic acids is 1. The van der Waals surface area contributed by atoms with E-state index in [2.05, 4.69) is 36.2 Å². The second-order valence-electron chi connectivity index (χ2n) is 6.47. The average Bonchev–Trinajstić information content (AvgIpc) is 2.72. The summed E-state index contributed by atoms with van der Waals surface area (Å²) in [6.07, 6.45) is 0. The van der Waals surface area contributed by atoms with E-state index in [1.807, 2.05) is 18.2 Å². The third-order valence-corrected chi connectivity index (χ3v) is 5.04. The van der Waals surface area contributed by atoms with Crippen LogP contribution >= 0.6 is 11.6 Å². The van der Waals surface area contributed by atoms with Crippen LogP contribution in [-0.2, 0) is 0 Å². The maximum Gasteiger partial charge on any atom is 0.287 e. The molecule has 0 aliphatic rings. The van der Waals surface area contributed by atoms with E-state index >= 15 is 0 Å². The summed E-state index contributed by atoms with van der Waals surface area (Å²) in [5.74, 6) is -0.423. The van der Waals surface area contributed by atoms with E-state index in [0.717, 1.165) is 18.7 Å². The number of hydrogen-bond acceptors (Lipinski definition) is 4. The zero-order valence-electron chi connectivity index (χ0n) is 15.9. The first kappa shape index (κ1) is 20.1. The van der Waals surface area contributed by atoms with Crippen molar-refractivity contribution < 1.29 is 9.21 Å². The number of rotatable bonds is 7. The lowest BCUT2D eigenvalue weighted by atomic mass is 10.1. The van der Waals surface area contributed by atoms with Crippen LogP contribution in [0.1, 0.15) is 36.0 Å². The van der Waals surface area contributed by atoms with Gasteiger partial charge >= 0.3 is 0 Å². The molecular weight excluding hydrogens is 376 g/mol. The molecule has 0 aliphatic heterocycles. The van der Waals surface area contributed by atoms with Crippen LogP contribution < -0.4 is 10.7 Å². The number of amides is 1. The average molecular weight is 399 g/mol. The number of nitrogens with zero attached hydrogens (tertiary/aromatic N) is 1. The van der Waals surface area contributed by atoms with Crippen molar-refractivity contribution in [3.8, 4) is 0 Å². The second kappa shape index (κ2) is 9.04. The smallest absolute Gasteiger partial charge is 0.287 e. The summed E-state index contributed by atoms with van der Waals surface area (Å²) in [4.78, 5) is 27.2. The van der Waals surface area contributed by atoms with E-state index < -0.39 is 5.91 Å². The fourth-order valence-electron chi connectivity index (χ4n) is 3.31. The van der Waals surface area contributed by atoms with Gasteiger partial charge in [0.1, 0.15) is 5.58 Å². The molecule has 1 heterocycles. The molecule has 2 aromatic carbocycles. The quantitative estimate of drug-likeness (QED) is 0.646. The Morgan fingerprint density at radius 1 is 1.11 bits per heavy atom. The molecule has 5 nitrogen and oxygen atoms in total. The van der Waals surface area contributed by atoms with Crippen molar-refractivity contribution in [2.45, 2.75) is 19.9 Å². The Morgan fingerprint density at radius 3 is 2.50 bits per heavy atom. The normalized spacial score (nSPS) is 12.3. The zero-order chi connectivity index (χ0) is 20.1. The molecule has 3 aromatic rings. The Balaban J connectivity index is 1.82. The lowest BCUT2D eigenvalue weighted by molar-refractivity contribution is 0.0908. The number of benzene rings is 2. The molecule has 0 saturated carbocycles. The third-order valence-electron chi connectivity index (χ3n) is 4.81. The predicted octanol–water partition coefficient (Wildman–Crippen LogP) is 4.26. The predicted molar refractivity (Wildman–Crippen MR) is 112 cm³/mol. The molecule has 3 rings (SSSR count). The van der Waals surface area contributed by atoms with Crippen LogP contribution in [0, 0.1) is 0 Å². The van der Waals surface area contributed by atoms with Crippen molar-refractivity contribution in [2.24, 2.45) is 0 Å². The highest BCUT2D eigenvalue weighted by Crippen LogP contribution is 2.20. The number of halogens is 1. The Labute approximate surface area is 168 Å². The number of hydrogen-bond donors (Lipinski definition) is 1. The zero-order valence-corrected chi connectivity index (χ0v) is 16.7. The molecule has 0 unspecified atom stereocenters. The first-order chi connectivity index (χ1) is 13.5. The lowest BCUT2D eigenvalue weighted by Crippen LogP contribution is -2.38. The van der Waals surface area contributed by atoms with Crippen LogP contribution in [0.25, 0.3) is 11.0 Å².